The molecule has 0 radical (unpaired) electrons. The summed E-state index contributed by atoms with van der Waals surface area (Å²) in [6, 6.07) is 0. The highest BCUT2D eigenvalue weighted by Gasteiger charge is 2.23. The Morgan fingerprint density at radius 3 is 2.53 bits per heavy atom. The van der Waals surface area contributed by atoms with Crippen molar-refractivity contribution in [2.75, 3.05) is 6.54 Å². The standard InChI is InChI=1S/C9H14N2O3S/c1-6(2)5-10-15(12,13)9-7(3)11-14-8(9)4/h10H,1,5H2,2-4H3. The van der Waals surface area contributed by atoms with Gasteiger partial charge in [0.05, 0.1) is 0 Å². The first-order valence-corrected chi connectivity index (χ1v) is 5.90. The summed E-state index contributed by atoms with van der Waals surface area (Å²) >= 11 is 0. The summed E-state index contributed by atoms with van der Waals surface area (Å²) < 4.78 is 30.8. The van der Waals surface area contributed by atoms with Gasteiger partial charge in [-0.15, -0.1) is 0 Å². The highest BCUT2D eigenvalue weighted by atomic mass is 32.2. The minimum atomic E-state index is -3.54. The molecule has 1 heterocycles. The van der Waals surface area contributed by atoms with E-state index in [4.69, 9.17) is 4.52 Å². The molecule has 0 bridgehead atoms. The number of aromatic nitrogens is 1. The van der Waals surface area contributed by atoms with Crippen molar-refractivity contribution in [2.45, 2.75) is 25.7 Å². The van der Waals surface area contributed by atoms with E-state index < -0.39 is 10.0 Å². The maximum Gasteiger partial charge on any atom is 0.246 e. The molecule has 1 rings (SSSR count). The minimum absolute atomic E-state index is 0.115. The lowest BCUT2D eigenvalue weighted by Gasteiger charge is -2.05. The molecule has 84 valence electrons. The van der Waals surface area contributed by atoms with Crippen LogP contribution in [-0.2, 0) is 10.0 Å². The molecule has 1 N–H and O–H groups in total. The summed E-state index contributed by atoms with van der Waals surface area (Å²) in [5.74, 6) is 0.293. The van der Waals surface area contributed by atoms with E-state index in [2.05, 4.69) is 16.5 Å². The molecule has 0 fully saturated rings. The van der Waals surface area contributed by atoms with E-state index in [0.717, 1.165) is 5.57 Å². The molecule has 15 heavy (non-hydrogen) atoms. The molecule has 0 amide bonds. The van der Waals surface area contributed by atoms with Gasteiger partial charge in [-0.25, -0.2) is 13.1 Å². The van der Waals surface area contributed by atoms with Crippen molar-refractivity contribution in [3.05, 3.63) is 23.6 Å². The Hall–Kier alpha value is -1.14. The van der Waals surface area contributed by atoms with Crippen LogP contribution in [0.2, 0.25) is 0 Å². The highest BCUT2D eigenvalue weighted by Crippen LogP contribution is 2.18. The number of rotatable bonds is 4. The summed E-state index contributed by atoms with van der Waals surface area (Å²) in [7, 11) is -3.54. The van der Waals surface area contributed by atoms with E-state index in [9.17, 15) is 8.42 Å². The number of hydrogen-bond donors (Lipinski definition) is 1. The average molecular weight is 230 g/mol. The summed E-state index contributed by atoms with van der Waals surface area (Å²) in [5, 5.41) is 3.59. The van der Waals surface area contributed by atoms with E-state index in [1.54, 1.807) is 20.8 Å². The third kappa shape index (κ3) is 2.66. The summed E-state index contributed by atoms with van der Waals surface area (Å²) in [4.78, 5) is 0.115. The molecule has 1 aromatic heterocycles. The van der Waals surface area contributed by atoms with Crippen LogP contribution in [-0.4, -0.2) is 20.1 Å². The van der Waals surface area contributed by atoms with Gasteiger partial charge in [-0.1, -0.05) is 17.3 Å². The van der Waals surface area contributed by atoms with Crippen LogP contribution in [0.5, 0.6) is 0 Å². The summed E-state index contributed by atoms with van der Waals surface area (Å²) in [6.07, 6.45) is 0. The zero-order chi connectivity index (χ0) is 11.6. The topological polar surface area (TPSA) is 72.2 Å². The maximum atomic E-state index is 11.8. The van der Waals surface area contributed by atoms with Gasteiger partial charge in [0.25, 0.3) is 0 Å². The number of hydrogen-bond acceptors (Lipinski definition) is 4. The normalized spacial score (nSPS) is 11.7. The molecule has 0 aromatic carbocycles. The Morgan fingerprint density at radius 1 is 1.53 bits per heavy atom. The van der Waals surface area contributed by atoms with Gasteiger partial charge in [0.2, 0.25) is 10.0 Å². The molecule has 0 aliphatic heterocycles. The Labute approximate surface area is 89.2 Å². The molecule has 0 aliphatic carbocycles. The Balaban J connectivity index is 3.01. The summed E-state index contributed by atoms with van der Waals surface area (Å²) in [5.41, 5.74) is 1.10. The van der Waals surface area contributed by atoms with Gasteiger partial charge in [-0.3, -0.25) is 0 Å². The quantitative estimate of drug-likeness (QED) is 0.787. The molecule has 0 spiro atoms. The van der Waals surface area contributed by atoms with Crippen LogP contribution in [0, 0.1) is 13.8 Å². The van der Waals surface area contributed by atoms with Crippen LogP contribution in [0.1, 0.15) is 18.4 Å². The fraction of sp³-hybridized carbons (Fsp3) is 0.444. The maximum absolute atomic E-state index is 11.8. The van der Waals surface area contributed by atoms with E-state index in [0.29, 0.717) is 11.5 Å². The van der Waals surface area contributed by atoms with E-state index >= 15 is 0 Å². The van der Waals surface area contributed by atoms with Crippen LogP contribution in [0.4, 0.5) is 0 Å². The van der Waals surface area contributed by atoms with E-state index in [-0.39, 0.29) is 11.4 Å². The first-order chi connectivity index (χ1) is 6.84. The summed E-state index contributed by atoms with van der Waals surface area (Å²) in [6.45, 7) is 8.73. The molecule has 5 nitrogen and oxygen atoms in total. The molecule has 1 aromatic rings. The lowest BCUT2D eigenvalue weighted by atomic mass is 10.4. The van der Waals surface area contributed by atoms with Crippen LogP contribution < -0.4 is 4.72 Å². The fourth-order valence-corrected chi connectivity index (χ4v) is 2.57. The lowest BCUT2D eigenvalue weighted by molar-refractivity contribution is 0.390. The SMILES string of the molecule is C=C(C)CNS(=O)(=O)c1c(C)noc1C. The molecular formula is C9H14N2O3S. The molecule has 0 saturated carbocycles. The monoisotopic (exact) mass is 230 g/mol. The van der Waals surface area contributed by atoms with Crippen molar-refractivity contribution in [1.82, 2.24) is 9.88 Å². The fourth-order valence-electron chi connectivity index (χ4n) is 1.15. The first-order valence-electron chi connectivity index (χ1n) is 4.41. The van der Waals surface area contributed by atoms with Gasteiger partial charge < -0.3 is 4.52 Å². The van der Waals surface area contributed by atoms with Crippen molar-refractivity contribution >= 4 is 10.0 Å². The molecular weight excluding hydrogens is 216 g/mol. The van der Waals surface area contributed by atoms with Gasteiger partial charge >= 0.3 is 0 Å². The predicted molar refractivity (Wildman–Crippen MR) is 56.0 cm³/mol. The largest absolute Gasteiger partial charge is 0.360 e. The second kappa shape index (κ2) is 4.16. The van der Waals surface area contributed by atoms with Crippen LogP contribution in [0.15, 0.2) is 21.6 Å². The Kier molecular flexibility index (Phi) is 3.31. The number of aryl methyl sites for hydroxylation is 2. The van der Waals surface area contributed by atoms with Crippen LogP contribution in [0.25, 0.3) is 0 Å². The molecule has 6 heteroatoms. The smallest absolute Gasteiger partial charge is 0.246 e. The third-order valence-corrected chi connectivity index (χ3v) is 3.45. The van der Waals surface area contributed by atoms with Crippen molar-refractivity contribution < 1.29 is 12.9 Å². The average Bonchev–Trinajstić information content (AvgIpc) is 2.43. The first kappa shape index (κ1) is 11.9. The van der Waals surface area contributed by atoms with Gasteiger partial charge in [0.15, 0.2) is 5.76 Å². The molecule has 0 unspecified atom stereocenters. The zero-order valence-corrected chi connectivity index (χ0v) is 9.81. The van der Waals surface area contributed by atoms with Crippen LogP contribution >= 0.6 is 0 Å². The van der Waals surface area contributed by atoms with Crippen molar-refractivity contribution in [2.24, 2.45) is 0 Å². The number of nitrogens with one attached hydrogen (secondary N) is 1. The van der Waals surface area contributed by atoms with Gasteiger partial charge in [0, 0.05) is 6.54 Å². The lowest BCUT2D eigenvalue weighted by Crippen LogP contribution is -2.26. The molecule has 0 aliphatic rings. The second-order valence-corrected chi connectivity index (χ2v) is 5.14. The second-order valence-electron chi connectivity index (χ2n) is 3.43. The zero-order valence-electron chi connectivity index (χ0n) is 8.99. The van der Waals surface area contributed by atoms with E-state index in [1.165, 1.54) is 0 Å². The van der Waals surface area contributed by atoms with Crippen LogP contribution in [0.3, 0.4) is 0 Å². The number of sulfonamides is 1. The van der Waals surface area contributed by atoms with Gasteiger partial charge in [-0.2, -0.15) is 0 Å². The van der Waals surface area contributed by atoms with E-state index in [1.807, 2.05) is 0 Å². The minimum Gasteiger partial charge on any atom is -0.360 e. The van der Waals surface area contributed by atoms with Crippen molar-refractivity contribution in [3.8, 4) is 0 Å². The Bertz CT molecular complexity index is 454. The molecule has 0 saturated heterocycles. The highest BCUT2D eigenvalue weighted by molar-refractivity contribution is 7.89. The van der Waals surface area contributed by atoms with Crippen molar-refractivity contribution in [3.63, 3.8) is 0 Å². The van der Waals surface area contributed by atoms with Gasteiger partial charge in [0.1, 0.15) is 10.6 Å². The van der Waals surface area contributed by atoms with Crippen molar-refractivity contribution in [1.29, 1.82) is 0 Å². The number of nitrogens with zero attached hydrogens (tertiary/aromatic N) is 1. The third-order valence-electron chi connectivity index (χ3n) is 1.80. The van der Waals surface area contributed by atoms with Gasteiger partial charge in [-0.05, 0) is 20.8 Å². The predicted octanol–water partition coefficient (Wildman–Crippen LogP) is 1.15. The Morgan fingerprint density at radius 2 is 2.13 bits per heavy atom. The molecule has 0 atom stereocenters.